The van der Waals surface area contributed by atoms with Gasteiger partial charge in [0.05, 0.1) is 0 Å². The van der Waals surface area contributed by atoms with Gasteiger partial charge in [0.15, 0.2) is 0 Å². The third-order valence-electron chi connectivity index (χ3n) is 2.96. The number of fused-ring (bicyclic) bond motifs is 1. The minimum absolute atomic E-state index is 0.185. The van der Waals surface area contributed by atoms with Crippen molar-refractivity contribution < 1.29 is 0 Å². The Balaban J connectivity index is 2.48. The first-order chi connectivity index (χ1) is 6.61. The van der Waals surface area contributed by atoms with E-state index >= 15 is 0 Å². The summed E-state index contributed by atoms with van der Waals surface area (Å²) in [6, 6.07) is 4.22. The number of hydrogen-bond acceptors (Lipinski definition) is 2. The van der Waals surface area contributed by atoms with Gasteiger partial charge >= 0.3 is 0 Å². The van der Waals surface area contributed by atoms with Crippen molar-refractivity contribution in [3.63, 3.8) is 0 Å². The van der Waals surface area contributed by atoms with E-state index in [9.17, 15) is 0 Å². The van der Waals surface area contributed by atoms with Crippen LogP contribution in [0.3, 0.4) is 0 Å². The van der Waals surface area contributed by atoms with Gasteiger partial charge in [0.1, 0.15) is 0 Å². The first-order valence-corrected chi connectivity index (χ1v) is 5.27. The van der Waals surface area contributed by atoms with Crippen LogP contribution < -0.4 is 11.1 Å². The molecule has 0 aromatic heterocycles. The highest BCUT2D eigenvalue weighted by molar-refractivity contribution is 6.31. The van der Waals surface area contributed by atoms with Gasteiger partial charge in [-0.3, -0.25) is 0 Å². The predicted octanol–water partition coefficient (Wildman–Crippen LogP) is 2.50. The van der Waals surface area contributed by atoms with Gasteiger partial charge < -0.3 is 11.1 Å². The van der Waals surface area contributed by atoms with E-state index < -0.39 is 0 Å². The lowest BCUT2D eigenvalue weighted by Crippen LogP contribution is -2.25. The molecule has 2 unspecified atom stereocenters. The highest BCUT2D eigenvalue weighted by atomic mass is 35.5. The number of rotatable bonds is 1. The number of benzene rings is 1. The van der Waals surface area contributed by atoms with Crippen molar-refractivity contribution in [2.45, 2.75) is 25.8 Å². The van der Waals surface area contributed by atoms with Crippen LogP contribution in [-0.4, -0.2) is 12.6 Å². The summed E-state index contributed by atoms with van der Waals surface area (Å²) in [5.74, 6) is 0.418. The molecular formula is C11H15ClN2. The van der Waals surface area contributed by atoms with E-state index in [0.717, 1.165) is 17.1 Å². The molecule has 14 heavy (non-hydrogen) atoms. The van der Waals surface area contributed by atoms with Crippen molar-refractivity contribution in [3.05, 3.63) is 28.3 Å². The molecule has 76 valence electrons. The molecule has 1 aromatic rings. The minimum atomic E-state index is 0.185. The number of anilines is 1. The standard InChI is InChI=1S/C11H15ClN2/c1-6-10(12)4-3-8-9(7(2)13)5-14-11(6)8/h3-4,7,9,14H,5,13H2,1-2H3. The molecule has 0 saturated carbocycles. The number of nitrogens with two attached hydrogens (primary N) is 1. The highest BCUT2D eigenvalue weighted by Crippen LogP contribution is 2.38. The minimum Gasteiger partial charge on any atom is -0.384 e. The molecule has 0 aliphatic carbocycles. The third kappa shape index (κ3) is 1.39. The smallest absolute Gasteiger partial charge is 0.0455 e. The zero-order chi connectivity index (χ0) is 10.3. The largest absolute Gasteiger partial charge is 0.384 e. The Hall–Kier alpha value is -0.730. The van der Waals surface area contributed by atoms with E-state index in [0.29, 0.717) is 5.92 Å². The lowest BCUT2D eigenvalue weighted by molar-refractivity contribution is 0.610. The Kier molecular flexibility index (Phi) is 2.41. The van der Waals surface area contributed by atoms with Gasteiger partial charge in [-0.05, 0) is 31.0 Å². The van der Waals surface area contributed by atoms with Crippen LogP contribution in [0.4, 0.5) is 5.69 Å². The van der Waals surface area contributed by atoms with E-state index in [1.807, 2.05) is 19.9 Å². The van der Waals surface area contributed by atoms with Crippen LogP contribution in [0.15, 0.2) is 12.1 Å². The lowest BCUT2D eigenvalue weighted by Gasteiger charge is -2.14. The average molecular weight is 211 g/mol. The van der Waals surface area contributed by atoms with Crippen LogP contribution in [0.25, 0.3) is 0 Å². The Labute approximate surface area is 89.4 Å². The Bertz CT molecular complexity index is 361. The Morgan fingerprint density at radius 1 is 1.57 bits per heavy atom. The van der Waals surface area contributed by atoms with E-state index in [1.54, 1.807) is 0 Å². The molecule has 0 saturated heterocycles. The fourth-order valence-corrected chi connectivity index (χ4v) is 2.20. The van der Waals surface area contributed by atoms with Crippen molar-refractivity contribution in [1.82, 2.24) is 0 Å². The maximum absolute atomic E-state index is 6.05. The molecule has 2 atom stereocenters. The molecule has 0 fully saturated rings. The summed E-state index contributed by atoms with van der Waals surface area (Å²) in [4.78, 5) is 0. The van der Waals surface area contributed by atoms with Crippen LogP contribution in [0.1, 0.15) is 24.0 Å². The summed E-state index contributed by atoms with van der Waals surface area (Å²) in [5, 5.41) is 4.20. The molecule has 0 bridgehead atoms. The Morgan fingerprint density at radius 3 is 2.93 bits per heavy atom. The molecule has 2 rings (SSSR count). The summed E-state index contributed by atoms with van der Waals surface area (Å²) in [7, 11) is 0. The molecule has 1 aromatic carbocycles. The van der Waals surface area contributed by atoms with Crippen molar-refractivity contribution in [3.8, 4) is 0 Å². The normalized spacial score (nSPS) is 21.6. The first kappa shape index (κ1) is 9.81. The summed E-state index contributed by atoms with van der Waals surface area (Å²) >= 11 is 6.05. The van der Waals surface area contributed by atoms with Crippen LogP contribution >= 0.6 is 11.6 Å². The Morgan fingerprint density at radius 2 is 2.29 bits per heavy atom. The van der Waals surface area contributed by atoms with Gasteiger partial charge in [0, 0.05) is 29.2 Å². The summed E-state index contributed by atoms with van der Waals surface area (Å²) < 4.78 is 0. The topological polar surface area (TPSA) is 38.0 Å². The van der Waals surface area contributed by atoms with E-state index in [1.165, 1.54) is 11.3 Å². The van der Waals surface area contributed by atoms with Gasteiger partial charge in [-0.1, -0.05) is 17.7 Å². The van der Waals surface area contributed by atoms with E-state index in [4.69, 9.17) is 17.3 Å². The van der Waals surface area contributed by atoms with Gasteiger partial charge in [-0.25, -0.2) is 0 Å². The zero-order valence-corrected chi connectivity index (χ0v) is 9.23. The quantitative estimate of drug-likeness (QED) is 0.748. The van der Waals surface area contributed by atoms with Gasteiger partial charge in [-0.15, -0.1) is 0 Å². The molecule has 3 N–H and O–H groups in total. The number of halogens is 1. The highest BCUT2D eigenvalue weighted by Gasteiger charge is 2.26. The van der Waals surface area contributed by atoms with Crippen molar-refractivity contribution in [2.75, 3.05) is 11.9 Å². The molecule has 2 nitrogen and oxygen atoms in total. The molecule has 1 aliphatic heterocycles. The molecular weight excluding hydrogens is 196 g/mol. The monoisotopic (exact) mass is 210 g/mol. The van der Waals surface area contributed by atoms with E-state index in [-0.39, 0.29) is 6.04 Å². The van der Waals surface area contributed by atoms with Crippen LogP contribution in [0.5, 0.6) is 0 Å². The SMILES string of the molecule is Cc1c(Cl)ccc2c1NCC2C(C)N. The molecule has 0 radical (unpaired) electrons. The van der Waals surface area contributed by atoms with Crippen LogP contribution in [0, 0.1) is 6.92 Å². The average Bonchev–Trinajstić information content (AvgIpc) is 2.55. The van der Waals surface area contributed by atoms with Crippen molar-refractivity contribution in [1.29, 1.82) is 0 Å². The van der Waals surface area contributed by atoms with E-state index in [2.05, 4.69) is 11.4 Å². The molecule has 3 heteroatoms. The summed E-state index contributed by atoms with van der Waals surface area (Å²) in [6.07, 6.45) is 0. The lowest BCUT2D eigenvalue weighted by atomic mass is 9.94. The maximum atomic E-state index is 6.05. The molecule has 0 spiro atoms. The van der Waals surface area contributed by atoms with Gasteiger partial charge in [-0.2, -0.15) is 0 Å². The number of nitrogens with one attached hydrogen (secondary N) is 1. The van der Waals surface area contributed by atoms with Crippen LogP contribution in [0.2, 0.25) is 5.02 Å². The van der Waals surface area contributed by atoms with Crippen molar-refractivity contribution in [2.24, 2.45) is 5.73 Å². The fraction of sp³-hybridized carbons (Fsp3) is 0.455. The second kappa shape index (κ2) is 3.44. The van der Waals surface area contributed by atoms with Gasteiger partial charge in [0.2, 0.25) is 0 Å². The molecule has 1 aliphatic rings. The number of hydrogen-bond donors (Lipinski definition) is 2. The zero-order valence-electron chi connectivity index (χ0n) is 8.47. The van der Waals surface area contributed by atoms with Crippen LogP contribution in [-0.2, 0) is 0 Å². The maximum Gasteiger partial charge on any atom is 0.0455 e. The van der Waals surface area contributed by atoms with Gasteiger partial charge in [0.25, 0.3) is 0 Å². The second-order valence-electron chi connectivity index (χ2n) is 3.98. The first-order valence-electron chi connectivity index (χ1n) is 4.89. The second-order valence-corrected chi connectivity index (χ2v) is 4.39. The molecule has 0 amide bonds. The summed E-state index contributed by atoms with van der Waals surface area (Å²) in [6.45, 7) is 5.01. The van der Waals surface area contributed by atoms with Crippen molar-refractivity contribution >= 4 is 17.3 Å². The summed E-state index contributed by atoms with van der Waals surface area (Å²) in [5.41, 5.74) is 9.55. The third-order valence-corrected chi connectivity index (χ3v) is 3.37. The predicted molar refractivity (Wildman–Crippen MR) is 61.1 cm³/mol. The fourth-order valence-electron chi connectivity index (χ4n) is 2.04. The molecule has 1 heterocycles.